The van der Waals surface area contributed by atoms with Crippen molar-refractivity contribution in [1.82, 2.24) is 20.0 Å². The van der Waals surface area contributed by atoms with Crippen LogP contribution >= 0.6 is 0 Å². The number of ether oxygens (including phenoxy) is 1. The van der Waals surface area contributed by atoms with Gasteiger partial charge in [0, 0.05) is 36.7 Å². The molecular weight excluding hydrogens is 465 g/mol. The monoisotopic (exact) mass is 484 g/mol. The van der Waals surface area contributed by atoms with Crippen LogP contribution in [0.1, 0.15) is 28.8 Å². The molecule has 2 aliphatic rings. The summed E-state index contributed by atoms with van der Waals surface area (Å²) in [7, 11) is 1.72. The second-order valence-electron chi connectivity index (χ2n) is 8.37. The number of hydrogen-bond donors (Lipinski definition) is 1. The molecule has 180 valence electrons. The van der Waals surface area contributed by atoms with Crippen molar-refractivity contribution in [1.29, 1.82) is 0 Å². The highest BCUT2D eigenvalue weighted by atomic mass is 19.4. The topological polar surface area (TPSA) is 93.5 Å². The lowest BCUT2D eigenvalue weighted by atomic mass is 9.98. The fourth-order valence-corrected chi connectivity index (χ4v) is 4.55. The van der Waals surface area contributed by atoms with E-state index in [2.05, 4.69) is 15.2 Å². The number of benzene rings is 2. The van der Waals surface area contributed by atoms with Crippen molar-refractivity contribution in [2.24, 2.45) is 7.05 Å². The minimum absolute atomic E-state index is 0.174. The van der Waals surface area contributed by atoms with Gasteiger partial charge in [-0.25, -0.2) is 0 Å². The predicted octanol–water partition coefficient (Wildman–Crippen LogP) is 3.41. The van der Waals surface area contributed by atoms with Gasteiger partial charge in [-0.1, -0.05) is 6.07 Å². The molecule has 1 unspecified atom stereocenters. The number of hydrogen-bond acceptors (Lipinski definition) is 5. The summed E-state index contributed by atoms with van der Waals surface area (Å²) < 4.78 is 43.0. The smallest absolute Gasteiger partial charge is 0.406 e. The van der Waals surface area contributed by atoms with E-state index in [-0.39, 0.29) is 37.0 Å². The van der Waals surface area contributed by atoms with E-state index in [0.29, 0.717) is 16.8 Å². The van der Waals surface area contributed by atoms with Gasteiger partial charge < -0.3 is 9.64 Å². The molecule has 2 aromatic carbocycles. The van der Waals surface area contributed by atoms with Crippen LogP contribution in [0.4, 0.5) is 13.2 Å². The van der Waals surface area contributed by atoms with Gasteiger partial charge in [-0.3, -0.25) is 24.4 Å². The summed E-state index contributed by atoms with van der Waals surface area (Å²) >= 11 is 0. The van der Waals surface area contributed by atoms with E-state index in [1.807, 2.05) is 6.07 Å². The maximum Gasteiger partial charge on any atom is 0.573 e. The van der Waals surface area contributed by atoms with E-state index < -0.39 is 18.3 Å². The Hall–Kier alpha value is -4.15. The average molecular weight is 484 g/mol. The van der Waals surface area contributed by atoms with E-state index in [0.717, 1.165) is 16.7 Å². The minimum Gasteiger partial charge on any atom is -0.406 e. The maximum atomic E-state index is 12.9. The number of nitrogens with one attached hydrogen (secondary N) is 1. The molecule has 0 saturated carbocycles. The molecule has 3 amide bonds. The zero-order valence-corrected chi connectivity index (χ0v) is 18.4. The highest BCUT2D eigenvalue weighted by molar-refractivity contribution is 6.05. The van der Waals surface area contributed by atoms with Gasteiger partial charge in [0.2, 0.25) is 11.8 Å². The molecule has 1 aromatic heterocycles. The normalized spacial score (nSPS) is 18.0. The number of carbonyl (C=O) groups excluding carboxylic acids is 3. The first-order chi connectivity index (χ1) is 16.6. The Labute approximate surface area is 197 Å². The van der Waals surface area contributed by atoms with Gasteiger partial charge in [-0.05, 0) is 53.9 Å². The number of rotatable bonds is 4. The van der Waals surface area contributed by atoms with Crippen molar-refractivity contribution >= 4 is 17.7 Å². The van der Waals surface area contributed by atoms with Crippen LogP contribution in [0.3, 0.4) is 0 Å². The highest BCUT2D eigenvalue weighted by Gasteiger charge is 2.39. The number of amides is 3. The molecule has 3 aromatic rings. The number of piperidine rings is 1. The molecule has 35 heavy (non-hydrogen) atoms. The second-order valence-corrected chi connectivity index (χ2v) is 8.37. The van der Waals surface area contributed by atoms with Crippen LogP contribution < -0.4 is 10.1 Å². The number of aromatic nitrogens is 2. The Bertz CT molecular complexity index is 1350. The van der Waals surface area contributed by atoms with Crippen LogP contribution in [-0.2, 0) is 23.2 Å². The molecule has 5 rings (SSSR count). The Morgan fingerprint density at radius 3 is 2.43 bits per heavy atom. The Balaban J connectivity index is 1.44. The Morgan fingerprint density at radius 2 is 1.74 bits per heavy atom. The van der Waals surface area contributed by atoms with Crippen molar-refractivity contribution in [2.45, 2.75) is 31.8 Å². The lowest BCUT2D eigenvalue weighted by Gasteiger charge is -2.29. The van der Waals surface area contributed by atoms with E-state index in [1.54, 1.807) is 30.1 Å². The summed E-state index contributed by atoms with van der Waals surface area (Å²) in [5.41, 5.74) is 4.02. The van der Waals surface area contributed by atoms with Crippen molar-refractivity contribution < 1.29 is 32.3 Å². The summed E-state index contributed by atoms with van der Waals surface area (Å²) in [6.07, 6.45) is -2.68. The lowest BCUT2D eigenvalue weighted by Crippen LogP contribution is -2.52. The highest BCUT2D eigenvalue weighted by Crippen LogP contribution is 2.36. The van der Waals surface area contributed by atoms with Crippen LogP contribution in [0, 0.1) is 0 Å². The van der Waals surface area contributed by atoms with Gasteiger partial charge in [-0.2, -0.15) is 5.10 Å². The lowest BCUT2D eigenvalue weighted by molar-refractivity contribution is -0.274. The molecule has 0 bridgehead atoms. The Kier molecular flexibility index (Phi) is 5.34. The van der Waals surface area contributed by atoms with Crippen molar-refractivity contribution in [3.8, 4) is 28.1 Å². The Morgan fingerprint density at radius 1 is 1.03 bits per heavy atom. The van der Waals surface area contributed by atoms with Gasteiger partial charge in [0.05, 0.1) is 11.9 Å². The summed E-state index contributed by atoms with van der Waals surface area (Å²) in [5.74, 6) is -1.42. The standard InChI is InChI=1S/C24H19F3N4O4/c1-30-21(13-2-5-16(6-3-13)35-24(25,26)27)18(11-28-30)14-4-7-17-15(10-14)12-31(23(17)34)19-8-9-20(32)29-22(19)33/h2-7,10-11,19H,8-9,12H2,1H3,(H,29,32,33). The van der Waals surface area contributed by atoms with Gasteiger partial charge >= 0.3 is 6.36 Å². The van der Waals surface area contributed by atoms with Crippen molar-refractivity contribution in [3.05, 3.63) is 59.8 Å². The van der Waals surface area contributed by atoms with Gasteiger partial charge in [0.1, 0.15) is 11.8 Å². The SMILES string of the molecule is Cn1ncc(-c2ccc3c(c2)CN(C2CCC(=O)NC2=O)C3=O)c1-c1ccc(OC(F)(F)F)cc1. The molecule has 2 aliphatic heterocycles. The first-order valence-corrected chi connectivity index (χ1v) is 10.8. The van der Waals surface area contributed by atoms with Crippen LogP contribution in [0.5, 0.6) is 5.75 Å². The third-order valence-corrected chi connectivity index (χ3v) is 6.13. The fraction of sp³-hybridized carbons (Fsp3) is 0.250. The summed E-state index contributed by atoms with van der Waals surface area (Å²) in [5, 5.41) is 6.59. The number of nitrogens with zero attached hydrogens (tertiary/aromatic N) is 3. The van der Waals surface area contributed by atoms with Crippen molar-refractivity contribution in [2.75, 3.05) is 0 Å². The van der Waals surface area contributed by atoms with Crippen LogP contribution in [0.2, 0.25) is 0 Å². The number of fused-ring (bicyclic) bond motifs is 1. The van der Waals surface area contributed by atoms with E-state index >= 15 is 0 Å². The number of halogens is 3. The average Bonchev–Trinajstić information content (AvgIpc) is 3.33. The first kappa shape index (κ1) is 22.6. The quantitative estimate of drug-likeness (QED) is 0.573. The first-order valence-electron chi connectivity index (χ1n) is 10.8. The molecule has 1 N–H and O–H groups in total. The number of alkyl halides is 3. The third-order valence-electron chi connectivity index (χ3n) is 6.13. The van der Waals surface area contributed by atoms with Gasteiger partial charge in [0.15, 0.2) is 0 Å². The molecule has 3 heterocycles. The molecule has 1 atom stereocenters. The van der Waals surface area contributed by atoms with Crippen LogP contribution in [0.25, 0.3) is 22.4 Å². The third kappa shape index (κ3) is 4.25. The second kappa shape index (κ2) is 8.26. The van der Waals surface area contributed by atoms with Crippen LogP contribution in [0.15, 0.2) is 48.7 Å². The summed E-state index contributed by atoms with van der Waals surface area (Å²) in [6, 6.07) is 10.1. The minimum atomic E-state index is -4.78. The predicted molar refractivity (Wildman–Crippen MR) is 117 cm³/mol. The largest absolute Gasteiger partial charge is 0.573 e. The fourth-order valence-electron chi connectivity index (χ4n) is 4.55. The molecule has 11 heteroatoms. The number of carbonyl (C=O) groups is 3. The molecule has 0 aliphatic carbocycles. The summed E-state index contributed by atoms with van der Waals surface area (Å²) in [4.78, 5) is 38.2. The zero-order valence-electron chi connectivity index (χ0n) is 18.4. The summed E-state index contributed by atoms with van der Waals surface area (Å²) in [6.45, 7) is 0.230. The molecule has 0 radical (unpaired) electrons. The number of imide groups is 1. The maximum absolute atomic E-state index is 12.9. The van der Waals surface area contributed by atoms with Crippen molar-refractivity contribution in [3.63, 3.8) is 0 Å². The number of aryl methyl sites for hydroxylation is 1. The van der Waals surface area contributed by atoms with E-state index in [1.165, 1.54) is 29.2 Å². The zero-order chi connectivity index (χ0) is 24.9. The molecule has 1 saturated heterocycles. The van der Waals surface area contributed by atoms with Gasteiger partial charge in [0.25, 0.3) is 5.91 Å². The molecular formula is C24H19F3N4O4. The molecule has 0 spiro atoms. The van der Waals surface area contributed by atoms with Gasteiger partial charge in [-0.15, -0.1) is 13.2 Å². The van der Waals surface area contributed by atoms with E-state index in [4.69, 9.17) is 0 Å². The van der Waals surface area contributed by atoms with Crippen LogP contribution in [-0.4, -0.2) is 44.8 Å². The molecule has 8 nitrogen and oxygen atoms in total. The molecule has 1 fully saturated rings. The van der Waals surface area contributed by atoms with E-state index in [9.17, 15) is 27.6 Å².